The van der Waals surface area contributed by atoms with Crippen LogP contribution < -0.4 is 0 Å². The number of furan rings is 1. The van der Waals surface area contributed by atoms with Gasteiger partial charge in [0.2, 0.25) is 0 Å². The average Bonchev–Trinajstić information content (AvgIpc) is 2.92. The molecule has 90 valence electrons. The molecule has 0 saturated carbocycles. The highest BCUT2D eigenvalue weighted by molar-refractivity contribution is 6.31. The first-order chi connectivity index (χ1) is 9.27. The van der Waals surface area contributed by atoms with E-state index in [2.05, 4.69) is 0 Å². The number of carbonyl (C=O) groups excluding carboxylic acids is 2. The Bertz CT molecular complexity index is 855. The Morgan fingerprint density at radius 1 is 0.737 bits per heavy atom. The fourth-order valence-electron chi connectivity index (χ4n) is 2.61. The van der Waals surface area contributed by atoms with Crippen LogP contribution in [0.2, 0.25) is 0 Å². The summed E-state index contributed by atoms with van der Waals surface area (Å²) in [7, 11) is 0. The first-order valence-corrected chi connectivity index (χ1v) is 5.96. The van der Waals surface area contributed by atoms with E-state index in [0.717, 1.165) is 5.39 Å². The molecule has 0 radical (unpaired) electrons. The van der Waals surface area contributed by atoms with Crippen LogP contribution in [0.15, 0.2) is 53.1 Å². The third-order valence-electron chi connectivity index (χ3n) is 3.51. The van der Waals surface area contributed by atoms with Crippen LogP contribution in [0.1, 0.15) is 31.8 Å². The molecular formula is C16H8O3. The standard InChI is InChI=1S/C16H8O3/c17-14-10-3-1-2-4-11(10)15(18)13-12(14)6-5-9-7-8-19-16(9)13/h1-8H. The summed E-state index contributed by atoms with van der Waals surface area (Å²) in [5, 5.41) is 0.833. The van der Waals surface area contributed by atoms with E-state index in [0.29, 0.717) is 27.8 Å². The van der Waals surface area contributed by atoms with Gasteiger partial charge < -0.3 is 4.42 Å². The number of rotatable bonds is 0. The van der Waals surface area contributed by atoms with Gasteiger partial charge in [-0.2, -0.15) is 0 Å². The minimum absolute atomic E-state index is 0.122. The van der Waals surface area contributed by atoms with Gasteiger partial charge in [0.05, 0.1) is 11.8 Å². The SMILES string of the molecule is O=C1c2ccccc2C(=O)c2c1ccc1ccoc21. The summed E-state index contributed by atoms with van der Waals surface area (Å²) < 4.78 is 5.38. The third kappa shape index (κ3) is 1.21. The predicted molar refractivity (Wildman–Crippen MR) is 69.5 cm³/mol. The molecule has 0 aliphatic heterocycles. The molecule has 0 spiro atoms. The summed E-state index contributed by atoms with van der Waals surface area (Å²) in [6, 6.07) is 12.2. The largest absolute Gasteiger partial charge is 0.464 e. The molecule has 3 heteroatoms. The van der Waals surface area contributed by atoms with Gasteiger partial charge in [0.1, 0.15) is 5.58 Å². The zero-order valence-corrected chi connectivity index (χ0v) is 9.84. The Morgan fingerprint density at radius 2 is 1.47 bits per heavy atom. The molecule has 2 aromatic carbocycles. The van der Waals surface area contributed by atoms with E-state index < -0.39 is 0 Å². The molecule has 3 nitrogen and oxygen atoms in total. The summed E-state index contributed by atoms with van der Waals surface area (Å²) >= 11 is 0. The molecule has 0 bridgehead atoms. The van der Waals surface area contributed by atoms with E-state index in [4.69, 9.17) is 4.42 Å². The molecule has 3 aromatic rings. The summed E-state index contributed by atoms with van der Waals surface area (Å²) in [5.74, 6) is -0.269. The quantitative estimate of drug-likeness (QED) is 0.480. The molecule has 0 N–H and O–H groups in total. The Morgan fingerprint density at radius 3 is 2.26 bits per heavy atom. The number of benzene rings is 2. The predicted octanol–water partition coefficient (Wildman–Crippen LogP) is 3.21. The number of fused-ring (bicyclic) bond motifs is 4. The number of hydrogen-bond acceptors (Lipinski definition) is 3. The minimum Gasteiger partial charge on any atom is -0.464 e. The summed E-state index contributed by atoms with van der Waals surface area (Å²) in [6.45, 7) is 0. The van der Waals surface area contributed by atoms with Crippen LogP contribution in [0.25, 0.3) is 11.0 Å². The van der Waals surface area contributed by atoms with Crippen molar-refractivity contribution in [1.29, 1.82) is 0 Å². The lowest BCUT2D eigenvalue weighted by Gasteiger charge is -2.17. The molecule has 0 saturated heterocycles. The van der Waals surface area contributed by atoms with E-state index in [1.165, 1.54) is 6.26 Å². The van der Waals surface area contributed by atoms with Gasteiger partial charge in [0.25, 0.3) is 0 Å². The normalized spacial score (nSPS) is 13.5. The van der Waals surface area contributed by atoms with E-state index in [1.807, 2.05) is 0 Å². The third-order valence-corrected chi connectivity index (χ3v) is 3.51. The van der Waals surface area contributed by atoms with E-state index in [1.54, 1.807) is 42.5 Å². The van der Waals surface area contributed by atoms with Crippen LogP contribution in [-0.4, -0.2) is 11.6 Å². The van der Waals surface area contributed by atoms with Crippen molar-refractivity contribution in [3.05, 3.63) is 71.0 Å². The summed E-state index contributed by atoms with van der Waals surface area (Å²) in [4.78, 5) is 25.0. The van der Waals surface area contributed by atoms with Crippen molar-refractivity contribution in [2.45, 2.75) is 0 Å². The highest BCUT2D eigenvalue weighted by atomic mass is 16.3. The van der Waals surface area contributed by atoms with Gasteiger partial charge in [0.15, 0.2) is 11.6 Å². The van der Waals surface area contributed by atoms with Gasteiger partial charge in [-0.05, 0) is 12.1 Å². The Kier molecular flexibility index (Phi) is 1.85. The molecule has 1 aliphatic rings. The van der Waals surface area contributed by atoms with Crippen molar-refractivity contribution in [2.24, 2.45) is 0 Å². The maximum atomic E-state index is 12.6. The lowest BCUT2D eigenvalue weighted by Crippen LogP contribution is -2.20. The maximum Gasteiger partial charge on any atom is 0.198 e. The van der Waals surface area contributed by atoms with Gasteiger partial charge in [0, 0.05) is 22.1 Å². The molecule has 4 rings (SSSR count). The van der Waals surface area contributed by atoms with Gasteiger partial charge in [-0.1, -0.05) is 30.3 Å². The molecular weight excluding hydrogens is 240 g/mol. The Balaban J connectivity index is 2.14. The lowest BCUT2D eigenvalue weighted by atomic mass is 9.83. The van der Waals surface area contributed by atoms with Crippen molar-refractivity contribution in [1.82, 2.24) is 0 Å². The zero-order chi connectivity index (χ0) is 13.0. The highest BCUT2D eigenvalue weighted by Crippen LogP contribution is 2.32. The van der Waals surface area contributed by atoms with Crippen molar-refractivity contribution >= 4 is 22.5 Å². The highest BCUT2D eigenvalue weighted by Gasteiger charge is 2.31. The van der Waals surface area contributed by atoms with Crippen molar-refractivity contribution in [3.8, 4) is 0 Å². The van der Waals surface area contributed by atoms with Gasteiger partial charge in [-0.3, -0.25) is 9.59 Å². The van der Waals surface area contributed by atoms with Crippen molar-refractivity contribution < 1.29 is 14.0 Å². The average molecular weight is 248 g/mol. The molecule has 0 unspecified atom stereocenters. The summed E-state index contributed by atoms with van der Waals surface area (Å²) in [5.41, 5.74) is 2.21. The maximum absolute atomic E-state index is 12.6. The smallest absolute Gasteiger partial charge is 0.198 e. The second-order valence-electron chi connectivity index (χ2n) is 4.53. The van der Waals surface area contributed by atoms with Crippen molar-refractivity contribution in [2.75, 3.05) is 0 Å². The monoisotopic (exact) mass is 248 g/mol. The van der Waals surface area contributed by atoms with Crippen LogP contribution in [0, 0.1) is 0 Å². The Hall–Kier alpha value is -2.68. The topological polar surface area (TPSA) is 47.3 Å². The summed E-state index contributed by atoms with van der Waals surface area (Å²) in [6.07, 6.45) is 1.53. The second-order valence-corrected chi connectivity index (χ2v) is 4.53. The van der Waals surface area contributed by atoms with Crippen LogP contribution in [0.5, 0.6) is 0 Å². The first kappa shape index (κ1) is 10.3. The van der Waals surface area contributed by atoms with Crippen LogP contribution in [-0.2, 0) is 0 Å². The number of carbonyl (C=O) groups is 2. The van der Waals surface area contributed by atoms with Crippen molar-refractivity contribution in [3.63, 3.8) is 0 Å². The number of hydrogen-bond donors (Lipinski definition) is 0. The second kappa shape index (κ2) is 3.42. The molecule has 1 aliphatic carbocycles. The molecule has 19 heavy (non-hydrogen) atoms. The van der Waals surface area contributed by atoms with E-state index in [-0.39, 0.29) is 11.6 Å². The lowest BCUT2D eigenvalue weighted by molar-refractivity contribution is 0.0979. The fourth-order valence-corrected chi connectivity index (χ4v) is 2.61. The fraction of sp³-hybridized carbons (Fsp3) is 0. The molecule has 1 heterocycles. The van der Waals surface area contributed by atoms with Gasteiger partial charge in [-0.25, -0.2) is 0 Å². The molecule has 1 aromatic heterocycles. The first-order valence-electron chi connectivity index (χ1n) is 5.96. The van der Waals surface area contributed by atoms with E-state index >= 15 is 0 Å². The van der Waals surface area contributed by atoms with Crippen LogP contribution >= 0.6 is 0 Å². The Labute approximate surface area is 108 Å². The van der Waals surface area contributed by atoms with E-state index in [9.17, 15) is 9.59 Å². The van der Waals surface area contributed by atoms with Gasteiger partial charge >= 0.3 is 0 Å². The van der Waals surface area contributed by atoms with Crippen LogP contribution in [0.3, 0.4) is 0 Å². The molecule has 0 atom stereocenters. The number of ketones is 2. The molecule has 0 fully saturated rings. The van der Waals surface area contributed by atoms with Crippen LogP contribution in [0.4, 0.5) is 0 Å². The molecule has 0 amide bonds. The zero-order valence-electron chi connectivity index (χ0n) is 9.84. The van der Waals surface area contributed by atoms with Gasteiger partial charge in [-0.15, -0.1) is 0 Å². The minimum atomic E-state index is -0.147.